The number of methoxy groups -OCH3 is 2. The van der Waals surface area contributed by atoms with Crippen LogP contribution in [0, 0.1) is 0 Å². The third-order valence-corrected chi connectivity index (χ3v) is 2.20. The first-order valence-corrected chi connectivity index (χ1v) is 4.69. The Morgan fingerprint density at radius 3 is 2.17 bits per heavy atom. The first-order chi connectivity index (χ1) is 8.58. The highest BCUT2D eigenvalue weighted by Gasteiger charge is 2.35. The van der Waals surface area contributed by atoms with Crippen molar-refractivity contribution in [3.05, 3.63) is 23.3 Å². The summed E-state index contributed by atoms with van der Waals surface area (Å²) in [6.45, 7) is -2.06. The fourth-order valence-electron chi connectivity index (χ4n) is 1.43. The van der Waals surface area contributed by atoms with E-state index >= 15 is 0 Å². The summed E-state index contributed by atoms with van der Waals surface area (Å²) in [4.78, 5) is 0. The van der Waals surface area contributed by atoms with E-state index in [-0.39, 0.29) is 30.1 Å². The fraction of sp³-hybridized carbons (Fsp3) is 0.455. The Bertz CT molecular complexity index is 464. The van der Waals surface area contributed by atoms with Crippen LogP contribution < -0.4 is 15.2 Å². The Kier molecular flexibility index (Phi) is 4.95. The highest BCUT2D eigenvalue weighted by molar-refractivity contribution is 5.85. The van der Waals surface area contributed by atoms with Gasteiger partial charge in [0.2, 0.25) is 0 Å². The number of rotatable bonds is 4. The largest absolute Gasteiger partial charge is 0.496 e. The highest BCUT2D eigenvalue weighted by atomic mass is 35.5. The van der Waals surface area contributed by atoms with E-state index in [2.05, 4.69) is 4.74 Å². The predicted molar refractivity (Wildman–Crippen MR) is 64.6 cm³/mol. The van der Waals surface area contributed by atoms with Crippen LogP contribution in [0.5, 0.6) is 11.5 Å². The van der Waals surface area contributed by atoms with E-state index in [0.29, 0.717) is 0 Å². The van der Waals surface area contributed by atoms with Crippen molar-refractivity contribution >= 4 is 12.4 Å². The number of ether oxygens (including phenoxy) is 2. The van der Waals surface area contributed by atoms with Crippen LogP contribution in [-0.2, 0) is 12.6 Å². The van der Waals surface area contributed by atoms with Crippen LogP contribution >= 0.6 is 12.4 Å². The van der Waals surface area contributed by atoms with Crippen LogP contribution in [0.1, 0.15) is 13.9 Å². The van der Waals surface area contributed by atoms with Gasteiger partial charge in [0.15, 0.2) is 0 Å². The zero-order valence-electron chi connectivity index (χ0n) is 11.8. The Hall–Kier alpha value is -1.14. The number of aryl methyl sites for hydroxylation is 1. The molecule has 104 valence electrons. The lowest BCUT2D eigenvalue weighted by Gasteiger charge is -2.16. The summed E-state index contributed by atoms with van der Waals surface area (Å²) < 4.78 is 62.4. The topological polar surface area (TPSA) is 44.5 Å². The molecule has 3 nitrogen and oxygen atoms in total. The van der Waals surface area contributed by atoms with Gasteiger partial charge in [0.25, 0.3) is 0 Å². The van der Waals surface area contributed by atoms with Gasteiger partial charge in [-0.25, -0.2) is 0 Å². The van der Waals surface area contributed by atoms with E-state index in [9.17, 15) is 13.2 Å². The molecular formula is C11H15ClF3NO2. The summed E-state index contributed by atoms with van der Waals surface area (Å²) >= 11 is 0. The lowest BCUT2D eigenvalue weighted by atomic mass is 10.1. The average Bonchev–Trinajstić information content (AvgIpc) is 2.24. The number of alkyl halides is 3. The highest BCUT2D eigenvalue weighted by Crippen LogP contribution is 2.40. The predicted octanol–water partition coefficient (Wildman–Crippen LogP) is 2.65. The molecule has 1 rings (SSSR count). The quantitative estimate of drug-likeness (QED) is 0.926. The maximum absolute atomic E-state index is 12.8. The molecule has 0 saturated carbocycles. The van der Waals surface area contributed by atoms with Crippen molar-refractivity contribution in [1.82, 2.24) is 0 Å². The molecule has 0 spiro atoms. The molecule has 0 aliphatic heterocycles. The summed E-state index contributed by atoms with van der Waals surface area (Å²) in [6.07, 6.45) is -4.87. The maximum Gasteiger partial charge on any atom is 0.420 e. The molecule has 0 atom stereocenters. The maximum atomic E-state index is 12.8. The minimum absolute atomic E-state index is 0. The molecule has 0 bridgehead atoms. The molecule has 0 unspecified atom stereocenters. The van der Waals surface area contributed by atoms with Gasteiger partial charge in [0, 0.05) is 2.74 Å². The van der Waals surface area contributed by atoms with Gasteiger partial charge < -0.3 is 15.2 Å². The minimum atomic E-state index is -4.58. The monoisotopic (exact) mass is 287 g/mol. The number of nitrogens with two attached hydrogens (primary N) is 1. The minimum Gasteiger partial charge on any atom is -0.496 e. The van der Waals surface area contributed by atoms with Crippen LogP contribution in [0.2, 0.25) is 0 Å². The SMILES string of the molecule is Cl.[2H]C([2H])(N)Cc1cc(OC)c(C(F)(F)F)cc1OC. The van der Waals surface area contributed by atoms with Crippen molar-refractivity contribution in [2.45, 2.75) is 12.6 Å². The van der Waals surface area contributed by atoms with E-state index < -0.39 is 24.0 Å². The molecule has 7 heteroatoms. The Morgan fingerprint density at radius 1 is 1.22 bits per heavy atom. The second kappa shape index (κ2) is 6.70. The molecule has 1 aromatic rings. The Balaban J connectivity index is 0.00000361. The molecule has 2 N–H and O–H groups in total. The van der Waals surface area contributed by atoms with Crippen LogP contribution in [-0.4, -0.2) is 20.7 Å². The van der Waals surface area contributed by atoms with Gasteiger partial charge in [0.1, 0.15) is 17.1 Å². The van der Waals surface area contributed by atoms with Gasteiger partial charge in [-0.3, -0.25) is 0 Å². The van der Waals surface area contributed by atoms with Gasteiger partial charge in [-0.1, -0.05) is 0 Å². The molecular weight excluding hydrogens is 271 g/mol. The summed E-state index contributed by atoms with van der Waals surface area (Å²) in [7, 11) is 2.31. The molecule has 0 amide bonds. The molecule has 0 radical (unpaired) electrons. The lowest BCUT2D eigenvalue weighted by molar-refractivity contribution is -0.138. The van der Waals surface area contributed by atoms with Crippen molar-refractivity contribution in [3.8, 4) is 11.5 Å². The molecule has 0 aromatic heterocycles. The van der Waals surface area contributed by atoms with E-state index in [1.165, 1.54) is 7.11 Å². The van der Waals surface area contributed by atoms with Crippen molar-refractivity contribution in [3.63, 3.8) is 0 Å². The molecule has 0 aliphatic carbocycles. The van der Waals surface area contributed by atoms with Crippen molar-refractivity contribution in [1.29, 1.82) is 0 Å². The molecule has 0 heterocycles. The average molecular weight is 288 g/mol. The smallest absolute Gasteiger partial charge is 0.420 e. The molecule has 1 aromatic carbocycles. The van der Waals surface area contributed by atoms with Gasteiger partial charge >= 0.3 is 6.18 Å². The second-order valence-corrected chi connectivity index (χ2v) is 3.24. The van der Waals surface area contributed by atoms with Crippen LogP contribution in [0.3, 0.4) is 0 Å². The normalized spacial score (nSPS) is 13.2. The zero-order valence-corrected chi connectivity index (χ0v) is 10.6. The van der Waals surface area contributed by atoms with E-state index in [1.807, 2.05) is 0 Å². The first kappa shape index (κ1) is 13.3. The first-order valence-electron chi connectivity index (χ1n) is 5.69. The molecule has 0 saturated heterocycles. The number of hydrogen-bond acceptors (Lipinski definition) is 3. The lowest BCUT2D eigenvalue weighted by Crippen LogP contribution is -2.10. The molecule has 0 aliphatic rings. The Labute approximate surface area is 112 Å². The summed E-state index contributed by atoms with van der Waals surface area (Å²) in [5.41, 5.74) is 4.45. The van der Waals surface area contributed by atoms with Gasteiger partial charge in [-0.2, -0.15) is 13.2 Å². The van der Waals surface area contributed by atoms with Crippen LogP contribution in [0.25, 0.3) is 0 Å². The number of benzene rings is 1. The van der Waals surface area contributed by atoms with Gasteiger partial charge in [-0.15, -0.1) is 12.4 Å². The zero-order chi connectivity index (χ0) is 14.8. The standard InChI is InChI=1S/C11H14F3NO2.ClH/c1-16-9-6-8(11(12,13)14)10(17-2)5-7(9)3-4-15;/h5-6H,3-4,15H2,1-2H3;1H/i4D2;. The van der Waals surface area contributed by atoms with E-state index in [0.717, 1.165) is 19.2 Å². The summed E-state index contributed by atoms with van der Waals surface area (Å²) in [5, 5.41) is 0. The second-order valence-electron chi connectivity index (χ2n) is 3.24. The summed E-state index contributed by atoms with van der Waals surface area (Å²) in [6, 6.07) is 1.87. The third kappa shape index (κ3) is 3.68. The third-order valence-electron chi connectivity index (χ3n) is 2.20. The number of halogens is 4. The molecule has 18 heavy (non-hydrogen) atoms. The van der Waals surface area contributed by atoms with Crippen molar-refractivity contribution in [2.75, 3.05) is 20.7 Å². The van der Waals surface area contributed by atoms with E-state index in [1.54, 1.807) is 0 Å². The van der Waals surface area contributed by atoms with Gasteiger partial charge in [-0.05, 0) is 30.6 Å². The Morgan fingerprint density at radius 2 is 1.78 bits per heavy atom. The summed E-state index contributed by atoms with van der Waals surface area (Å²) in [5.74, 6) is -0.477. The van der Waals surface area contributed by atoms with Crippen LogP contribution in [0.15, 0.2) is 12.1 Å². The molecule has 0 fully saturated rings. The van der Waals surface area contributed by atoms with E-state index in [4.69, 9.17) is 13.2 Å². The van der Waals surface area contributed by atoms with Crippen molar-refractivity contribution < 1.29 is 25.4 Å². The fourth-order valence-corrected chi connectivity index (χ4v) is 1.43. The number of hydrogen-bond donors (Lipinski definition) is 1. The van der Waals surface area contributed by atoms with Gasteiger partial charge in [0.05, 0.1) is 14.2 Å². The van der Waals surface area contributed by atoms with Crippen LogP contribution in [0.4, 0.5) is 13.2 Å². The van der Waals surface area contributed by atoms with Crippen molar-refractivity contribution in [2.24, 2.45) is 5.73 Å².